The van der Waals surface area contributed by atoms with Gasteiger partial charge < -0.3 is 10.1 Å². The largest absolute Gasteiger partial charge is 0.494 e. The number of rotatable bonds is 10. The average Bonchev–Trinajstić information content (AvgIpc) is 3.22. The molecule has 3 rings (SSSR count). The van der Waals surface area contributed by atoms with Gasteiger partial charge in [-0.25, -0.2) is 0 Å². The molecule has 2 amide bonds. The van der Waals surface area contributed by atoms with Gasteiger partial charge in [0.05, 0.1) is 12.4 Å². The van der Waals surface area contributed by atoms with Crippen LogP contribution in [0.2, 0.25) is 0 Å². The molecule has 0 radical (unpaired) electrons. The summed E-state index contributed by atoms with van der Waals surface area (Å²) >= 11 is 5.84. The van der Waals surface area contributed by atoms with Crippen LogP contribution in [-0.2, 0) is 4.79 Å². The number of hydrogen-bond acceptors (Lipinski definition) is 7. The van der Waals surface area contributed by atoms with Gasteiger partial charge in [-0.3, -0.25) is 14.9 Å². The van der Waals surface area contributed by atoms with Gasteiger partial charge in [-0.05, 0) is 55.0 Å². The fraction of sp³-hybridized carbons (Fsp3) is 0.238. The summed E-state index contributed by atoms with van der Waals surface area (Å²) in [5, 5.41) is 13.9. The number of ether oxygens (including phenoxy) is 1. The van der Waals surface area contributed by atoms with Gasteiger partial charge in [-0.2, -0.15) is 0 Å². The van der Waals surface area contributed by atoms with Gasteiger partial charge in [0.1, 0.15) is 5.75 Å². The third-order valence-corrected chi connectivity index (χ3v) is 6.47. The number of anilines is 2. The summed E-state index contributed by atoms with van der Waals surface area (Å²) in [6.07, 6.45) is 2.06. The Labute approximate surface area is 197 Å². The number of amides is 2. The number of hydrogen-bond donors (Lipinski definition) is 2. The van der Waals surface area contributed by atoms with E-state index in [1.54, 1.807) is 24.3 Å². The van der Waals surface area contributed by atoms with Crippen molar-refractivity contribution in [3.63, 3.8) is 0 Å². The van der Waals surface area contributed by atoms with Gasteiger partial charge >= 0.3 is 0 Å². The first kappa shape index (κ1) is 23.2. The Balaban J connectivity index is 1.46. The Bertz CT molecular complexity index is 1010. The van der Waals surface area contributed by atoms with Crippen LogP contribution in [0.5, 0.6) is 5.75 Å². The molecule has 0 aliphatic rings. The maximum absolute atomic E-state index is 12.4. The first-order valence-electron chi connectivity index (χ1n) is 9.59. The van der Waals surface area contributed by atoms with Crippen molar-refractivity contribution in [1.29, 1.82) is 0 Å². The number of thioether (sulfide) groups is 1. The first-order valence-corrected chi connectivity index (χ1v) is 12.2. The number of aromatic nitrogens is 2. The lowest BCUT2D eigenvalue weighted by atomic mass is 10.2. The summed E-state index contributed by atoms with van der Waals surface area (Å²) in [5.41, 5.74) is 1.22. The lowest BCUT2D eigenvalue weighted by molar-refractivity contribution is -0.113. The Morgan fingerprint density at radius 2 is 1.81 bits per heavy atom. The minimum absolute atomic E-state index is 0.144. The van der Waals surface area contributed by atoms with E-state index in [1.807, 2.05) is 24.3 Å². The molecular formula is C21H21BrN4O3S2. The van der Waals surface area contributed by atoms with Crippen molar-refractivity contribution in [2.45, 2.75) is 24.1 Å². The molecule has 7 nitrogen and oxygen atoms in total. The molecule has 0 aliphatic heterocycles. The van der Waals surface area contributed by atoms with E-state index in [-0.39, 0.29) is 17.6 Å². The van der Waals surface area contributed by atoms with Gasteiger partial charge in [0.25, 0.3) is 5.91 Å². The van der Waals surface area contributed by atoms with E-state index in [0.29, 0.717) is 21.6 Å². The minimum Gasteiger partial charge on any atom is -0.494 e. The molecule has 3 aromatic rings. The van der Waals surface area contributed by atoms with Gasteiger partial charge in [0.15, 0.2) is 4.34 Å². The maximum Gasteiger partial charge on any atom is 0.257 e. The van der Waals surface area contributed by atoms with E-state index >= 15 is 0 Å². The molecule has 0 unspecified atom stereocenters. The molecule has 162 valence electrons. The summed E-state index contributed by atoms with van der Waals surface area (Å²) < 4.78 is 7.14. The SMILES string of the molecule is CCCCOc1ccc(C(=O)Nc2nnc(SCC(=O)Nc3ccc(Br)cc3)s2)cc1. The van der Waals surface area contributed by atoms with Gasteiger partial charge in [0.2, 0.25) is 11.0 Å². The van der Waals surface area contributed by atoms with Crippen LogP contribution in [0.4, 0.5) is 10.8 Å². The monoisotopic (exact) mass is 520 g/mol. The third kappa shape index (κ3) is 7.64. The van der Waals surface area contributed by atoms with Crippen molar-refractivity contribution in [2.24, 2.45) is 0 Å². The van der Waals surface area contributed by atoms with E-state index in [4.69, 9.17) is 4.74 Å². The van der Waals surface area contributed by atoms with Crippen molar-refractivity contribution >= 4 is 61.7 Å². The van der Waals surface area contributed by atoms with E-state index in [0.717, 1.165) is 28.8 Å². The predicted octanol–water partition coefficient (Wildman–Crippen LogP) is 5.46. The van der Waals surface area contributed by atoms with Crippen LogP contribution < -0.4 is 15.4 Å². The Kier molecular flexibility index (Phi) is 8.86. The van der Waals surface area contributed by atoms with Crippen LogP contribution in [0.1, 0.15) is 30.1 Å². The third-order valence-electron chi connectivity index (χ3n) is 3.96. The second kappa shape index (κ2) is 11.8. The molecule has 2 aromatic carbocycles. The molecule has 0 saturated heterocycles. The zero-order chi connectivity index (χ0) is 22.1. The van der Waals surface area contributed by atoms with Crippen molar-refractivity contribution in [3.05, 3.63) is 58.6 Å². The van der Waals surface area contributed by atoms with Crippen LogP contribution in [0.15, 0.2) is 57.3 Å². The van der Waals surface area contributed by atoms with Crippen molar-refractivity contribution in [2.75, 3.05) is 23.0 Å². The molecule has 0 bridgehead atoms. The molecule has 0 aliphatic carbocycles. The Morgan fingerprint density at radius 1 is 1.06 bits per heavy atom. The van der Waals surface area contributed by atoms with Crippen LogP contribution in [-0.4, -0.2) is 34.4 Å². The maximum atomic E-state index is 12.4. The van der Waals surface area contributed by atoms with Gasteiger partial charge in [-0.1, -0.05) is 52.4 Å². The summed E-state index contributed by atoms with van der Waals surface area (Å²) in [5.74, 6) is 0.508. The van der Waals surface area contributed by atoms with Crippen LogP contribution in [0.25, 0.3) is 0 Å². The number of nitrogens with zero attached hydrogens (tertiary/aromatic N) is 2. The number of nitrogens with one attached hydrogen (secondary N) is 2. The fourth-order valence-electron chi connectivity index (χ4n) is 2.38. The molecular weight excluding hydrogens is 500 g/mol. The Morgan fingerprint density at radius 3 is 2.52 bits per heavy atom. The van der Waals surface area contributed by atoms with Crippen molar-refractivity contribution in [1.82, 2.24) is 10.2 Å². The molecule has 31 heavy (non-hydrogen) atoms. The molecule has 0 spiro atoms. The van der Waals surface area contributed by atoms with Gasteiger partial charge in [0, 0.05) is 15.7 Å². The van der Waals surface area contributed by atoms with E-state index in [1.165, 1.54) is 23.1 Å². The summed E-state index contributed by atoms with van der Waals surface area (Å²) in [4.78, 5) is 24.5. The second-order valence-corrected chi connectivity index (χ2v) is 9.51. The summed E-state index contributed by atoms with van der Waals surface area (Å²) in [6, 6.07) is 14.3. The number of halogens is 1. The molecule has 10 heteroatoms. The molecule has 0 atom stereocenters. The molecule has 2 N–H and O–H groups in total. The average molecular weight is 521 g/mol. The number of benzene rings is 2. The highest BCUT2D eigenvalue weighted by molar-refractivity contribution is 9.10. The summed E-state index contributed by atoms with van der Waals surface area (Å²) in [6.45, 7) is 2.77. The molecule has 0 fully saturated rings. The molecule has 1 heterocycles. The lowest BCUT2D eigenvalue weighted by Gasteiger charge is -2.06. The fourth-order valence-corrected chi connectivity index (χ4v) is 4.19. The van der Waals surface area contributed by atoms with Gasteiger partial charge in [-0.15, -0.1) is 10.2 Å². The highest BCUT2D eigenvalue weighted by Gasteiger charge is 2.12. The smallest absolute Gasteiger partial charge is 0.257 e. The highest BCUT2D eigenvalue weighted by Crippen LogP contribution is 2.26. The van der Waals surface area contributed by atoms with Crippen molar-refractivity contribution in [3.8, 4) is 5.75 Å². The number of unbranched alkanes of at least 4 members (excludes halogenated alkanes) is 1. The zero-order valence-corrected chi connectivity index (χ0v) is 20.0. The van der Waals surface area contributed by atoms with Crippen molar-refractivity contribution < 1.29 is 14.3 Å². The Hall–Kier alpha value is -2.43. The number of carbonyl (C=O) groups excluding carboxylic acids is 2. The first-order chi connectivity index (χ1) is 15.0. The van der Waals surface area contributed by atoms with Crippen LogP contribution in [0, 0.1) is 0 Å². The van der Waals surface area contributed by atoms with E-state index < -0.39 is 0 Å². The lowest BCUT2D eigenvalue weighted by Crippen LogP contribution is -2.13. The topological polar surface area (TPSA) is 93.2 Å². The second-order valence-electron chi connectivity index (χ2n) is 6.40. The highest BCUT2D eigenvalue weighted by atomic mass is 79.9. The standard InChI is InChI=1S/C21H21BrN4O3S2/c1-2-3-12-29-17-10-4-14(5-11-17)19(28)24-20-25-26-21(31-20)30-13-18(27)23-16-8-6-15(22)7-9-16/h4-11H,2-3,12-13H2,1H3,(H,23,27)(H,24,25,28). The van der Waals surface area contributed by atoms with Crippen LogP contribution >= 0.6 is 39.0 Å². The zero-order valence-electron chi connectivity index (χ0n) is 16.8. The normalized spacial score (nSPS) is 10.5. The number of carbonyl (C=O) groups is 2. The van der Waals surface area contributed by atoms with E-state index in [2.05, 4.69) is 43.7 Å². The molecule has 1 aromatic heterocycles. The van der Waals surface area contributed by atoms with Crippen LogP contribution in [0.3, 0.4) is 0 Å². The molecule has 0 saturated carbocycles. The van der Waals surface area contributed by atoms with E-state index in [9.17, 15) is 9.59 Å². The summed E-state index contributed by atoms with van der Waals surface area (Å²) in [7, 11) is 0. The quantitative estimate of drug-likeness (QED) is 0.209. The minimum atomic E-state index is -0.277. The predicted molar refractivity (Wildman–Crippen MR) is 128 cm³/mol.